The van der Waals surface area contributed by atoms with Gasteiger partial charge in [-0.05, 0) is 29.8 Å². The van der Waals surface area contributed by atoms with Gasteiger partial charge in [-0.2, -0.15) is 0 Å². The van der Waals surface area contributed by atoms with Crippen LogP contribution in [0.1, 0.15) is 17.0 Å². The molecule has 3 rings (SSSR count). The van der Waals surface area contributed by atoms with Gasteiger partial charge in [0.25, 0.3) is 0 Å². The third-order valence-electron chi connectivity index (χ3n) is 4.04. The number of fused-ring (bicyclic) bond motifs is 1. The Morgan fingerprint density at radius 2 is 1.86 bits per heavy atom. The van der Waals surface area contributed by atoms with Crippen molar-refractivity contribution in [2.75, 3.05) is 20.8 Å². The van der Waals surface area contributed by atoms with Crippen molar-refractivity contribution in [3.63, 3.8) is 0 Å². The van der Waals surface area contributed by atoms with Crippen molar-refractivity contribution in [2.24, 2.45) is 5.73 Å². The van der Waals surface area contributed by atoms with Gasteiger partial charge in [0.1, 0.15) is 11.5 Å². The molecule has 4 heteroatoms. The summed E-state index contributed by atoms with van der Waals surface area (Å²) in [5, 5.41) is 1.18. The second kappa shape index (κ2) is 6.12. The summed E-state index contributed by atoms with van der Waals surface area (Å²) >= 11 is 0. The predicted molar refractivity (Wildman–Crippen MR) is 88.7 cm³/mol. The van der Waals surface area contributed by atoms with Crippen LogP contribution in [0.15, 0.2) is 48.7 Å². The van der Waals surface area contributed by atoms with Crippen LogP contribution in [0.2, 0.25) is 0 Å². The molecule has 1 heterocycles. The average Bonchev–Trinajstić information content (AvgIpc) is 2.99. The molecule has 0 aliphatic carbocycles. The second-order valence-electron chi connectivity index (χ2n) is 5.19. The topological polar surface area (TPSA) is 60.3 Å². The van der Waals surface area contributed by atoms with Crippen LogP contribution in [0.3, 0.4) is 0 Å². The van der Waals surface area contributed by atoms with Gasteiger partial charge < -0.3 is 20.2 Å². The minimum atomic E-state index is 0.0428. The molecular weight excluding hydrogens is 276 g/mol. The molecule has 0 radical (unpaired) electrons. The Morgan fingerprint density at radius 1 is 1.05 bits per heavy atom. The molecule has 4 nitrogen and oxygen atoms in total. The van der Waals surface area contributed by atoms with Crippen molar-refractivity contribution in [3.8, 4) is 11.5 Å². The third kappa shape index (κ3) is 2.42. The normalized spacial score (nSPS) is 12.3. The van der Waals surface area contributed by atoms with Gasteiger partial charge in [-0.25, -0.2) is 0 Å². The summed E-state index contributed by atoms with van der Waals surface area (Å²) in [5.74, 6) is 1.66. The van der Waals surface area contributed by atoms with E-state index < -0.39 is 0 Å². The van der Waals surface area contributed by atoms with Gasteiger partial charge in [-0.1, -0.05) is 18.2 Å². The van der Waals surface area contributed by atoms with E-state index in [1.54, 1.807) is 14.2 Å². The fourth-order valence-electron chi connectivity index (χ4n) is 2.92. The van der Waals surface area contributed by atoms with Gasteiger partial charge >= 0.3 is 0 Å². The number of ether oxygens (including phenoxy) is 2. The highest BCUT2D eigenvalue weighted by Crippen LogP contribution is 2.36. The van der Waals surface area contributed by atoms with Crippen LogP contribution in [0.4, 0.5) is 0 Å². The van der Waals surface area contributed by atoms with E-state index in [-0.39, 0.29) is 5.92 Å². The maximum atomic E-state index is 6.09. The van der Waals surface area contributed by atoms with E-state index in [9.17, 15) is 0 Å². The fraction of sp³-hybridized carbons (Fsp3) is 0.222. The summed E-state index contributed by atoms with van der Waals surface area (Å²) in [4.78, 5) is 3.31. The second-order valence-corrected chi connectivity index (χ2v) is 5.19. The Morgan fingerprint density at radius 3 is 2.59 bits per heavy atom. The molecule has 114 valence electrons. The van der Waals surface area contributed by atoms with E-state index in [0.29, 0.717) is 6.54 Å². The maximum Gasteiger partial charge on any atom is 0.122 e. The zero-order valence-electron chi connectivity index (χ0n) is 12.8. The number of rotatable bonds is 5. The molecule has 0 fully saturated rings. The molecule has 0 aliphatic rings. The number of hydrogen-bond donors (Lipinski definition) is 2. The Hall–Kier alpha value is -2.46. The van der Waals surface area contributed by atoms with Crippen molar-refractivity contribution < 1.29 is 9.47 Å². The van der Waals surface area contributed by atoms with Crippen molar-refractivity contribution in [2.45, 2.75) is 5.92 Å². The molecule has 0 bridgehead atoms. The van der Waals surface area contributed by atoms with E-state index in [1.807, 2.05) is 36.5 Å². The molecule has 0 amide bonds. The van der Waals surface area contributed by atoms with E-state index in [1.165, 1.54) is 10.9 Å². The predicted octanol–water partition coefficient (Wildman–Crippen LogP) is 3.28. The van der Waals surface area contributed by atoms with Gasteiger partial charge in [-0.15, -0.1) is 0 Å². The SMILES string of the molecule is COc1ccc(OC)c(C(CN)c2c[nH]c3ccccc23)c1. The van der Waals surface area contributed by atoms with E-state index in [4.69, 9.17) is 15.2 Å². The number of methoxy groups -OCH3 is 2. The Balaban J connectivity index is 2.15. The molecule has 3 aromatic rings. The van der Waals surface area contributed by atoms with Crippen LogP contribution < -0.4 is 15.2 Å². The molecule has 0 saturated carbocycles. The first-order valence-electron chi connectivity index (χ1n) is 7.26. The van der Waals surface area contributed by atoms with Gasteiger partial charge in [-0.3, -0.25) is 0 Å². The molecule has 3 N–H and O–H groups in total. The number of nitrogens with one attached hydrogen (secondary N) is 1. The van der Waals surface area contributed by atoms with Crippen molar-refractivity contribution in [1.82, 2.24) is 4.98 Å². The first kappa shape index (κ1) is 14.5. The van der Waals surface area contributed by atoms with Crippen LogP contribution in [0, 0.1) is 0 Å². The highest BCUT2D eigenvalue weighted by molar-refractivity contribution is 5.84. The monoisotopic (exact) mass is 296 g/mol. The number of aromatic nitrogens is 1. The van der Waals surface area contributed by atoms with Crippen LogP contribution in [0.5, 0.6) is 11.5 Å². The summed E-state index contributed by atoms with van der Waals surface area (Å²) in [6.07, 6.45) is 2.03. The summed E-state index contributed by atoms with van der Waals surface area (Å²) in [5.41, 5.74) is 9.41. The molecule has 1 unspecified atom stereocenters. The summed E-state index contributed by atoms with van der Waals surface area (Å²) in [6.45, 7) is 0.491. The molecule has 22 heavy (non-hydrogen) atoms. The largest absolute Gasteiger partial charge is 0.497 e. The molecule has 0 aliphatic heterocycles. The molecule has 1 aromatic heterocycles. The zero-order chi connectivity index (χ0) is 15.5. The lowest BCUT2D eigenvalue weighted by Crippen LogP contribution is -2.14. The van der Waals surface area contributed by atoms with Crippen molar-refractivity contribution >= 4 is 10.9 Å². The average molecular weight is 296 g/mol. The van der Waals surface area contributed by atoms with Crippen LogP contribution >= 0.6 is 0 Å². The summed E-state index contributed by atoms with van der Waals surface area (Å²) < 4.78 is 10.9. The number of H-pyrrole nitrogens is 1. The number of hydrogen-bond acceptors (Lipinski definition) is 3. The number of benzene rings is 2. The first-order chi connectivity index (χ1) is 10.8. The Kier molecular flexibility index (Phi) is 4.02. The molecular formula is C18H20N2O2. The van der Waals surface area contributed by atoms with E-state index in [0.717, 1.165) is 22.6 Å². The maximum absolute atomic E-state index is 6.09. The van der Waals surface area contributed by atoms with Gasteiger partial charge in [0.05, 0.1) is 14.2 Å². The third-order valence-corrected chi connectivity index (χ3v) is 4.04. The van der Waals surface area contributed by atoms with Crippen LogP contribution in [0.25, 0.3) is 10.9 Å². The van der Waals surface area contributed by atoms with Crippen molar-refractivity contribution in [3.05, 3.63) is 59.8 Å². The number of nitrogens with two attached hydrogens (primary N) is 1. The number of aromatic amines is 1. The highest BCUT2D eigenvalue weighted by atomic mass is 16.5. The molecule has 0 spiro atoms. The van der Waals surface area contributed by atoms with Crippen molar-refractivity contribution in [1.29, 1.82) is 0 Å². The highest BCUT2D eigenvalue weighted by Gasteiger charge is 2.20. The minimum absolute atomic E-state index is 0.0428. The Labute approximate surface area is 129 Å². The standard InChI is InChI=1S/C18H20N2O2/c1-21-12-7-8-18(22-2)14(9-12)15(10-19)16-11-20-17-6-4-3-5-13(16)17/h3-9,11,15,20H,10,19H2,1-2H3. The molecule has 1 atom stereocenters. The lowest BCUT2D eigenvalue weighted by molar-refractivity contribution is 0.397. The van der Waals surface area contributed by atoms with Crippen LogP contribution in [-0.4, -0.2) is 25.7 Å². The summed E-state index contributed by atoms with van der Waals surface area (Å²) in [6, 6.07) is 14.0. The fourth-order valence-corrected chi connectivity index (χ4v) is 2.92. The number of para-hydroxylation sites is 1. The first-order valence-corrected chi connectivity index (χ1v) is 7.26. The minimum Gasteiger partial charge on any atom is -0.497 e. The lowest BCUT2D eigenvalue weighted by atomic mass is 9.90. The smallest absolute Gasteiger partial charge is 0.122 e. The van der Waals surface area contributed by atoms with E-state index in [2.05, 4.69) is 17.1 Å². The van der Waals surface area contributed by atoms with Gasteiger partial charge in [0, 0.05) is 35.1 Å². The Bertz CT molecular complexity index is 780. The molecule has 0 saturated heterocycles. The summed E-state index contributed by atoms with van der Waals surface area (Å²) in [7, 11) is 3.34. The van der Waals surface area contributed by atoms with Gasteiger partial charge in [0.2, 0.25) is 0 Å². The molecule has 2 aromatic carbocycles. The van der Waals surface area contributed by atoms with E-state index >= 15 is 0 Å². The lowest BCUT2D eigenvalue weighted by Gasteiger charge is -2.19. The quantitative estimate of drug-likeness (QED) is 0.759. The van der Waals surface area contributed by atoms with Gasteiger partial charge in [0.15, 0.2) is 0 Å². The zero-order valence-corrected chi connectivity index (χ0v) is 12.8. The van der Waals surface area contributed by atoms with Crippen LogP contribution in [-0.2, 0) is 0 Å².